The average molecular weight is 401 g/mol. The van der Waals surface area contributed by atoms with Crippen LogP contribution in [0.3, 0.4) is 0 Å². The number of nitrogens with one attached hydrogen (secondary N) is 2. The van der Waals surface area contributed by atoms with Crippen LogP contribution < -0.4 is 10.0 Å². The fourth-order valence-corrected chi connectivity index (χ4v) is 3.77. The van der Waals surface area contributed by atoms with Crippen LogP contribution in [0.4, 0.5) is 11.4 Å². The number of anilines is 2. The van der Waals surface area contributed by atoms with Gasteiger partial charge in [-0.1, -0.05) is 47.5 Å². The molecule has 3 rings (SSSR count). The summed E-state index contributed by atoms with van der Waals surface area (Å²) in [5.41, 5.74) is 2.28. The van der Waals surface area contributed by atoms with Gasteiger partial charge in [-0.15, -0.1) is 0 Å². The molecule has 7 heteroatoms. The molecule has 0 heterocycles. The van der Waals surface area contributed by atoms with Crippen LogP contribution >= 0.6 is 11.6 Å². The van der Waals surface area contributed by atoms with Crippen LogP contribution in [0, 0.1) is 6.92 Å². The number of sulfonamides is 1. The molecule has 0 saturated heterocycles. The van der Waals surface area contributed by atoms with Gasteiger partial charge in [0, 0.05) is 11.3 Å². The van der Waals surface area contributed by atoms with E-state index in [1.54, 1.807) is 30.3 Å². The zero-order chi connectivity index (χ0) is 19.4. The first-order valence-corrected chi connectivity index (χ1v) is 9.97. The molecule has 3 aromatic carbocycles. The lowest BCUT2D eigenvalue weighted by atomic mass is 10.2. The highest BCUT2D eigenvalue weighted by molar-refractivity contribution is 7.92. The Morgan fingerprint density at radius 2 is 1.59 bits per heavy atom. The molecule has 0 fully saturated rings. The van der Waals surface area contributed by atoms with Gasteiger partial charge in [0.15, 0.2) is 0 Å². The number of benzene rings is 3. The maximum absolute atomic E-state index is 12.4. The Morgan fingerprint density at radius 3 is 2.22 bits per heavy atom. The Balaban J connectivity index is 1.77. The third-order valence-corrected chi connectivity index (χ3v) is 5.53. The SMILES string of the molecule is Cc1ccc(NC(=O)c2ccc(NS(=O)(=O)c3ccccc3)c(Cl)c2)cc1. The molecule has 0 aromatic heterocycles. The first-order valence-electron chi connectivity index (χ1n) is 8.10. The summed E-state index contributed by atoms with van der Waals surface area (Å²) in [7, 11) is -3.76. The number of hydrogen-bond acceptors (Lipinski definition) is 3. The molecule has 2 N–H and O–H groups in total. The molecular formula is C20H17ClN2O3S. The fraction of sp³-hybridized carbons (Fsp3) is 0.0500. The highest BCUT2D eigenvalue weighted by Crippen LogP contribution is 2.26. The van der Waals surface area contributed by atoms with Gasteiger partial charge < -0.3 is 5.32 Å². The van der Waals surface area contributed by atoms with Gasteiger partial charge in [-0.2, -0.15) is 0 Å². The van der Waals surface area contributed by atoms with Crippen LogP contribution in [-0.2, 0) is 10.0 Å². The molecule has 0 spiro atoms. The Morgan fingerprint density at radius 1 is 0.926 bits per heavy atom. The molecule has 0 radical (unpaired) electrons. The number of halogens is 1. The van der Waals surface area contributed by atoms with Crippen LogP contribution in [-0.4, -0.2) is 14.3 Å². The zero-order valence-corrected chi connectivity index (χ0v) is 16.0. The Bertz CT molecular complexity index is 1070. The summed E-state index contributed by atoms with van der Waals surface area (Å²) in [4.78, 5) is 12.5. The number of carbonyl (C=O) groups is 1. The van der Waals surface area contributed by atoms with Gasteiger partial charge in [0.05, 0.1) is 15.6 Å². The highest BCUT2D eigenvalue weighted by atomic mass is 35.5. The summed E-state index contributed by atoms with van der Waals surface area (Å²) < 4.78 is 27.2. The van der Waals surface area contributed by atoms with Crippen LogP contribution in [0.1, 0.15) is 15.9 Å². The van der Waals surface area contributed by atoms with E-state index < -0.39 is 10.0 Å². The van der Waals surface area contributed by atoms with Crippen LogP contribution in [0.15, 0.2) is 77.7 Å². The van der Waals surface area contributed by atoms with Crippen molar-refractivity contribution in [3.05, 3.63) is 88.9 Å². The van der Waals surface area contributed by atoms with Gasteiger partial charge in [-0.05, 0) is 49.4 Å². The van der Waals surface area contributed by atoms with Crippen molar-refractivity contribution in [3.8, 4) is 0 Å². The smallest absolute Gasteiger partial charge is 0.261 e. The molecule has 0 bridgehead atoms. The average Bonchev–Trinajstić information content (AvgIpc) is 2.66. The van der Waals surface area contributed by atoms with Crippen molar-refractivity contribution >= 4 is 38.9 Å². The molecule has 5 nitrogen and oxygen atoms in total. The third-order valence-electron chi connectivity index (χ3n) is 3.84. The molecule has 138 valence electrons. The molecule has 3 aromatic rings. The summed E-state index contributed by atoms with van der Waals surface area (Å²) in [5.74, 6) is -0.335. The third kappa shape index (κ3) is 4.67. The molecule has 0 saturated carbocycles. The Hall–Kier alpha value is -2.83. The summed E-state index contributed by atoms with van der Waals surface area (Å²) >= 11 is 6.18. The summed E-state index contributed by atoms with van der Waals surface area (Å²) in [6.45, 7) is 1.96. The van der Waals surface area contributed by atoms with E-state index in [0.717, 1.165) is 5.56 Å². The second-order valence-corrected chi connectivity index (χ2v) is 8.02. The fourth-order valence-electron chi connectivity index (χ4n) is 2.38. The monoisotopic (exact) mass is 400 g/mol. The lowest BCUT2D eigenvalue weighted by molar-refractivity contribution is 0.102. The maximum Gasteiger partial charge on any atom is 0.261 e. The molecular weight excluding hydrogens is 384 g/mol. The Kier molecular flexibility index (Phi) is 5.48. The number of carbonyl (C=O) groups excluding carboxylic acids is 1. The second-order valence-electron chi connectivity index (χ2n) is 5.93. The minimum atomic E-state index is -3.76. The van der Waals surface area contributed by atoms with Gasteiger partial charge in [0.1, 0.15) is 0 Å². The van der Waals surface area contributed by atoms with Crippen LogP contribution in [0.5, 0.6) is 0 Å². The van der Waals surface area contributed by atoms with Crippen molar-refractivity contribution < 1.29 is 13.2 Å². The van der Waals surface area contributed by atoms with Gasteiger partial charge >= 0.3 is 0 Å². The lowest BCUT2D eigenvalue weighted by Crippen LogP contribution is -2.14. The Labute approximate surface area is 163 Å². The summed E-state index contributed by atoms with van der Waals surface area (Å²) in [6, 6.07) is 19.8. The second kappa shape index (κ2) is 7.82. The minimum Gasteiger partial charge on any atom is -0.322 e. The largest absolute Gasteiger partial charge is 0.322 e. The van der Waals surface area contributed by atoms with Crippen LogP contribution in [0.25, 0.3) is 0 Å². The number of rotatable bonds is 5. The van der Waals surface area contributed by atoms with E-state index in [1.807, 2.05) is 19.1 Å². The van der Waals surface area contributed by atoms with E-state index in [-0.39, 0.29) is 21.5 Å². The van der Waals surface area contributed by atoms with Gasteiger partial charge in [-0.25, -0.2) is 8.42 Å². The topological polar surface area (TPSA) is 75.3 Å². The predicted octanol–water partition coefficient (Wildman–Crippen LogP) is 4.70. The quantitative estimate of drug-likeness (QED) is 0.651. The predicted molar refractivity (Wildman–Crippen MR) is 108 cm³/mol. The zero-order valence-electron chi connectivity index (χ0n) is 14.4. The molecule has 1 amide bonds. The van der Waals surface area contributed by atoms with E-state index in [0.29, 0.717) is 11.3 Å². The van der Waals surface area contributed by atoms with Crippen molar-refractivity contribution in [1.29, 1.82) is 0 Å². The first-order chi connectivity index (χ1) is 12.8. The molecule has 0 aliphatic carbocycles. The maximum atomic E-state index is 12.4. The van der Waals surface area contributed by atoms with Crippen molar-refractivity contribution in [2.75, 3.05) is 10.0 Å². The molecule has 0 aliphatic heterocycles. The number of hydrogen-bond donors (Lipinski definition) is 2. The van der Waals surface area contributed by atoms with E-state index in [9.17, 15) is 13.2 Å². The van der Waals surface area contributed by atoms with Crippen molar-refractivity contribution in [2.24, 2.45) is 0 Å². The number of amides is 1. The molecule has 0 aliphatic rings. The van der Waals surface area contributed by atoms with Gasteiger partial charge in [-0.3, -0.25) is 9.52 Å². The van der Waals surface area contributed by atoms with Gasteiger partial charge in [0.25, 0.3) is 15.9 Å². The summed E-state index contributed by atoms with van der Waals surface area (Å²) in [6.07, 6.45) is 0. The van der Waals surface area contributed by atoms with Crippen LogP contribution in [0.2, 0.25) is 5.02 Å². The van der Waals surface area contributed by atoms with Crippen molar-refractivity contribution in [3.63, 3.8) is 0 Å². The minimum absolute atomic E-state index is 0.127. The molecule has 0 unspecified atom stereocenters. The van der Waals surface area contributed by atoms with Crippen molar-refractivity contribution in [2.45, 2.75) is 11.8 Å². The molecule has 27 heavy (non-hydrogen) atoms. The van der Waals surface area contributed by atoms with E-state index >= 15 is 0 Å². The molecule has 0 atom stereocenters. The van der Waals surface area contributed by atoms with Crippen molar-refractivity contribution in [1.82, 2.24) is 0 Å². The van der Waals surface area contributed by atoms with Gasteiger partial charge in [0.2, 0.25) is 0 Å². The highest BCUT2D eigenvalue weighted by Gasteiger charge is 2.16. The van der Waals surface area contributed by atoms with E-state index in [1.165, 1.54) is 30.3 Å². The van der Waals surface area contributed by atoms with E-state index in [4.69, 9.17) is 11.6 Å². The first kappa shape index (κ1) is 18.9. The normalized spacial score (nSPS) is 11.0. The standard InChI is InChI=1S/C20H17ClN2O3S/c1-14-7-10-16(11-8-14)22-20(24)15-9-12-19(18(21)13-15)23-27(25,26)17-5-3-2-4-6-17/h2-13,23H,1H3,(H,22,24). The van der Waals surface area contributed by atoms with E-state index in [2.05, 4.69) is 10.0 Å². The number of aryl methyl sites for hydroxylation is 1. The summed E-state index contributed by atoms with van der Waals surface area (Å²) in [5, 5.41) is 2.90. The lowest BCUT2D eigenvalue weighted by Gasteiger charge is -2.11.